The van der Waals surface area contributed by atoms with E-state index in [9.17, 15) is 9.59 Å². The SMILES string of the molecule is CCC(CC)NC(=O)[C@H](C)OC(=O)CNc1ccc(Br)cc1. The monoisotopic (exact) mass is 370 g/mol. The zero-order chi connectivity index (χ0) is 16.5. The van der Waals surface area contributed by atoms with Crippen molar-refractivity contribution in [2.75, 3.05) is 11.9 Å². The van der Waals surface area contributed by atoms with Crippen LogP contribution in [0.25, 0.3) is 0 Å². The summed E-state index contributed by atoms with van der Waals surface area (Å²) in [7, 11) is 0. The molecule has 0 bridgehead atoms. The van der Waals surface area contributed by atoms with Crippen LogP contribution in [0.2, 0.25) is 0 Å². The minimum Gasteiger partial charge on any atom is -0.451 e. The number of benzene rings is 1. The Morgan fingerprint density at radius 2 is 1.77 bits per heavy atom. The summed E-state index contributed by atoms with van der Waals surface area (Å²) in [5.74, 6) is -0.721. The Kier molecular flexibility index (Phi) is 7.95. The molecule has 2 N–H and O–H groups in total. The van der Waals surface area contributed by atoms with Gasteiger partial charge in [-0.15, -0.1) is 0 Å². The Morgan fingerprint density at radius 3 is 2.32 bits per heavy atom. The van der Waals surface area contributed by atoms with Crippen LogP contribution < -0.4 is 10.6 Å². The van der Waals surface area contributed by atoms with Gasteiger partial charge in [0.25, 0.3) is 5.91 Å². The molecule has 1 aromatic rings. The number of amides is 1. The smallest absolute Gasteiger partial charge is 0.326 e. The maximum Gasteiger partial charge on any atom is 0.326 e. The van der Waals surface area contributed by atoms with Crippen LogP contribution in [0.5, 0.6) is 0 Å². The summed E-state index contributed by atoms with van der Waals surface area (Å²) >= 11 is 3.34. The van der Waals surface area contributed by atoms with Gasteiger partial charge in [0.05, 0.1) is 0 Å². The largest absolute Gasteiger partial charge is 0.451 e. The van der Waals surface area contributed by atoms with Crippen molar-refractivity contribution in [3.63, 3.8) is 0 Å². The zero-order valence-electron chi connectivity index (χ0n) is 13.2. The molecule has 0 unspecified atom stereocenters. The predicted octanol–water partition coefficient (Wildman–Crippen LogP) is 3.10. The van der Waals surface area contributed by atoms with Crippen LogP contribution in [0.3, 0.4) is 0 Å². The van der Waals surface area contributed by atoms with Crippen LogP contribution in [0.1, 0.15) is 33.6 Å². The molecule has 1 aromatic carbocycles. The predicted molar refractivity (Wildman–Crippen MR) is 90.7 cm³/mol. The molecule has 6 heteroatoms. The average Bonchev–Trinajstić information content (AvgIpc) is 2.51. The quantitative estimate of drug-likeness (QED) is 0.690. The van der Waals surface area contributed by atoms with Gasteiger partial charge < -0.3 is 15.4 Å². The number of nitrogens with one attached hydrogen (secondary N) is 2. The molecule has 0 aliphatic rings. The minimum atomic E-state index is -0.792. The first-order chi connectivity index (χ1) is 10.5. The topological polar surface area (TPSA) is 67.4 Å². The van der Waals surface area contributed by atoms with Gasteiger partial charge >= 0.3 is 5.97 Å². The van der Waals surface area contributed by atoms with Gasteiger partial charge in [0.1, 0.15) is 6.54 Å². The number of rotatable bonds is 8. The highest BCUT2D eigenvalue weighted by Crippen LogP contribution is 2.13. The van der Waals surface area contributed by atoms with Gasteiger partial charge in [-0.1, -0.05) is 29.8 Å². The Hall–Kier alpha value is -1.56. The maximum atomic E-state index is 11.9. The fourth-order valence-corrected chi connectivity index (χ4v) is 2.11. The van der Waals surface area contributed by atoms with Crippen molar-refractivity contribution in [2.45, 2.75) is 45.8 Å². The number of esters is 1. The summed E-state index contributed by atoms with van der Waals surface area (Å²) in [6.07, 6.45) is 0.919. The van der Waals surface area contributed by atoms with Gasteiger partial charge in [-0.3, -0.25) is 9.59 Å². The molecule has 0 radical (unpaired) electrons. The molecular formula is C16H23BrN2O3. The summed E-state index contributed by atoms with van der Waals surface area (Å²) in [5, 5.41) is 5.81. The summed E-state index contributed by atoms with van der Waals surface area (Å²) in [6, 6.07) is 7.56. The summed E-state index contributed by atoms with van der Waals surface area (Å²) < 4.78 is 6.09. The second-order valence-corrected chi connectivity index (χ2v) is 5.93. The molecule has 5 nitrogen and oxygen atoms in total. The van der Waals surface area contributed by atoms with Crippen molar-refractivity contribution < 1.29 is 14.3 Å². The molecule has 22 heavy (non-hydrogen) atoms. The fourth-order valence-electron chi connectivity index (χ4n) is 1.85. The van der Waals surface area contributed by atoms with Gasteiger partial charge in [0.15, 0.2) is 6.10 Å². The minimum absolute atomic E-state index is 0.0181. The number of carbonyl (C=O) groups excluding carboxylic acids is 2. The molecular weight excluding hydrogens is 348 g/mol. The van der Waals surface area contributed by atoms with Crippen LogP contribution in [0.4, 0.5) is 5.69 Å². The highest BCUT2D eigenvalue weighted by Gasteiger charge is 2.19. The van der Waals surface area contributed by atoms with Crippen molar-refractivity contribution in [2.24, 2.45) is 0 Å². The lowest BCUT2D eigenvalue weighted by Gasteiger charge is -2.18. The maximum absolute atomic E-state index is 11.9. The van der Waals surface area contributed by atoms with Crippen LogP contribution >= 0.6 is 15.9 Å². The van der Waals surface area contributed by atoms with E-state index in [0.717, 1.165) is 23.0 Å². The van der Waals surface area contributed by atoms with E-state index in [1.807, 2.05) is 38.1 Å². The first-order valence-electron chi connectivity index (χ1n) is 7.45. The Morgan fingerprint density at radius 1 is 1.18 bits per heavy atom. The molecule has 0 aliphatic heterocycles. The van der Waals surface area contributed by atoms with Gasteiger partial charge in [0, 0.05) is 16.2 Å². The van der Waals surface area contributed by atoms with Crippen LogP contribution in [0, 0.1) is 0 Å². The third-order valence-corrected chi connectivity index (χ3v) is 3.82. The zero-order valence-corrected chi connectivity index (χ0v) is 14.8. The third kappa shape index (κ3) is 6.47. The van der Waals surface area contributed by atoms with Crippen molar-refractivity contribution in [1.29, 1.82) is 0 Å². The number of anilines is 1. The standard InChI is InChI=1S/C16H23BrN2O3/c1-4-13(5-2)19-16(21)11(3)22-15(20)10-18-14-8-6-12(17)7-9-14/h6-9,11,13,18H,4-5,10H2,1-3H3,(H,19,21)/t11-/m0/s1. The summed E-state index contributed by atoms with van der Waals surface area (Å²) in [4.78, 5) is 23.7. The van der Waals surface area contributed by atoms with E-state index < -0.39 is 12.1 Å². The van der Waals surface area contributed by atoms with Crippen LogP contribution in [-0.4, -0.2) is 30.6 Å². The number of carbonyl (C=O) groups is 2. The highest BCUT2D eigenvalue weighted by molar-refractivity contribution is 9.10. The second-order valence-electron chi connectivity index (χ2n) is 5.01. The van der Waals surface area contributed by atoms with Crippen molar-refractivity contribution in [3.8, 4) is 0 Å². The Labute approximate surface area is 139 Å². The van der Waals surface area contributed by atoms with E-state index in [2.05, 4.69) is 26.6 Å². The van der Waals surface area contributed by atoms with E-state index >= 15 is 0 Å². The molecule has 1 atom stereocenters. The van der Waals surface area contributed by atoms with Crippen molar-refractivity contribution in [3.05, 3.63) is 28.7 Å². The lowest BCUT2D eigenvalue weighted by Crippen LogP contribution is -2.42. The van der Waals surface area contributed by atoms with Gasteiger partial charge in [-0.05, 0) is 44.0 Å². The lowest BCUT2D eigenvalue weighted by atomic mass is 10.1. The van der Waals surface area contributed by atoms with E-state index in [4.69, 9.17) is 4.74 Å². The van der Waals surface area contributed by atoms with Gasteiger partial charge in [-0.2, -0.15) is 0 Å². The summed E-state index contributed by atoms with van der Waals surface area (Å²) in [6.45, 7) is 5.61. The number of ether oxygens (including phenoxy) is 1. The molecule has 1 rings (SSSR count). The van der Waals surface area contributed by atoms with Gasteiger partial charge in [0.2, 0.25) is 0 Å². The lowest BCUT2D eigenvalue weighted by molar-refractivity contribution is -0.153. The molecule has 0 heterocycles. The first kappa shape index (κ1) is 18.5. The second kappa shape index (κ2) is 9.46. The average molecular weight is 371 g/mol. The van der Waals surface area contributed by atoms with Crippen molar-refractivity contribution in [1.82, 2.24) is 5.32 Å². The van der Waals surface area contributed by atoms with Gasteiger partial charge in [-0.25, -0.2) is 0 Å². The number of hydrogen-bond donors (Lipinski definition) is 2. The number of hydrogen-bond acceptors (Lipinski definition) is 4. The molecule has 0 saturated heterocycles. The molecule has 1 amide bonds. The molecule has 0 aliphatic carbocycles. The molecule has 0 fully saturated rings. The highest BCUT2D eigenvalue weighted by atomic mass is 79.9. The van der Waals surface area contributed by atoms with E-state index in [0.29, 0.717) is 0 Å². The van der Waals surface area contributed by atoms with E-state index in [1.165, 1.54) is 0 Å². The third-order valence-electron chi connectivity index (χ3n) is 3.29. The normalized spacial score (nSPS) is 11.9. The Balaban J connectivity index is 2.37. The van der Waals surface area contributed by atoms with Crippen LogP contribution in [0.15, 0.2) is 28.7 Å². The molecule has 0 spiro atoms. The van der Waals surface area contributed by atoms with Crippen molar-refractivity contribution >= 4 is 33.5 Å². The van der Waals surface area contributed by atoms with E-state index in [-0.39, 0.29) is 18.5 Å². The van der Waals surface area contributed by atoms with Crippen LogP contribution in [-0.2, 0) is 14.3 Å². The molecule has 0 saturated carbocycles. The molecule has 0 aromatic heterocycles. The summed E-state index contributed by atoms with van der Waals surface area (Å²) in [5.41, 5.74) is 0.814. The number of halogens is 1. The fraction of sp³-hybridized carbons (Fsp3) is 0.500. The van der Waals surface area contributed by atoms with E-state index in [1.54, 1.807) is 6.92 Å². The molecule has 122 valence electrons. The first-order valence-corrected chi connectivity index (χ1v) is 8.24. The Bertz CT molecular complexity index is 487.